The number of hydrogen-bond donors (Lipinski definition) is 1. The molecule has 3 heteroatoms. The van der Waals surface area contributed by atoms with Gasteiger partial charge in [-0.05, 0) is 50.4 Å². The SMILES string of the molecule is Cc1cccc(C)c1-n1nc(CCN)cc1C1CC1. The number of aryl methyl sites for hydroxylation is 2. The highest BCUT2D eigenvalue weighted by Gasteiger charge is 2.29. The Bertz CT molecular complexity index is 574. The minimum atomic E-state index is 0.661. The Labute approximate surface area is 114 Å². The molecule has 0 aliphatic heterocycles. The lowest BCUT2D eigenvalue weighted by molar-refractivity contribution is 0.773. The van der Waals surface area contributed by atoms with Crippen LogP contribution in [0.2, 0.25) is 0 Å². The van der Waals surface area contributed by atoms with Gasteiger partial charge in [0, 0.05) is 18.0 Å². The summed E-state index contributed by atoms with van der Waals surface area (Å²) in [4.78, 5) is 0. The Morgan fingerprint density at radius 1 is 1.26 bits per heavy atom. The van der Waals surface area contributed by atoms with Crippen molar-refractivity contribution in [2.75, 3.05) is 6.54 Å². The van der Waals surface area contributed by atoms with Crippen molar-refractivity contribution in [3.63, 3.8) is 0 Å². The van der Waals surface area contributed by atoms with E-state index in [0.29, 0.717) is 12.5 Å². The van der Waals surface area contributed by atoms with E-state index >= 15 is 0 Å². The molecule has 0 spiro atoms. The van der Waals surface area contributed by atoms with Gasteiger partial charge >= 0.3 is 0 Å². The molecular weight excluding hydrogens is 234 g/mol. The summed E-state index contributed by atoms with van der Waals surface area (Å²) in [5.41, 5.74) is 11.9. The van der Waals surface area contributed by atoms with Crippen molar-refractivity contribution in [3.05, 3.63) is 46.8 Å². The molecule has 1 heterocycles. The number of hydrogen-bond acceptors (Lipinski definition) is 2. The standard InChI is InChI=1S/C16H21N3/c1-11-4-3-5-12(2)16(11)19-15(13-6-7-13)10-14(18-19)8-9-17/h3-5,10,13H,6-9,17H2,1-2H3. The Morgan fingerprint density at radius 2 is 1.95 bits per heavy atom. The number of aromatic nitrogens is 2. The topological polar surface area (TPSA) is 43.8 Å². The minimum absolute atomic E-state index is 0.661. The van der Waals surface area contributed by atoms with Crippen LogP contribution >= 0.6 is 0 Å². The second-order valence-electron chi connectivity index (χ2n) is 5.53. The van der Waals surface area contributed by atoms with E-state index < -0.39 is 0 Å². The summed E-state index contributed by atoms with van der Waals surface area (Å²) < 4.78 is 2.16. The summed E-state index contributed by atoms with van der Waals surface area (Å²) in [5.74, 6) is 0.693. The fraction of sp³-hybridized carbons (Fsp3) is 0.438. The Morgan fingerprint density at radius 3 is 2.53 bits per heavy atom. The lowest BCUT2D eigenvalue weighted by Gasteiger charge is -2.12. The third kappa shape index (κ3) is 2.30. The maximum atomic E-state index is 5.66. The van der Waals surface area contributed by atoms with Gasteiger partial charge in [-0.3, -0.25) is 0 Å². The van der Waals surface area contributed by atoms with Crippen molar-refractivity contribution in [3.8, 4) is 5.69 Å². The molecule has 1 aliphatic rings. The molecular formula is C16H21N3. The van der Waals surface area contributed by atoms with Crippen molar-refractivity contribution in [2.24, 2.45) is 5.73 Å². The molecule has 2 aromatic rings. The van der Waals surface area contributed by atoms with Gasteiger partial charge in [0.15, 0.2) is 0 Å². The summed E-state index contributed by atoms with van der Waals surface area (Å²) in [7, 11) is 0. The Hall–Kier alpha value is -1.61. The number of nitrogens with two attached hydrogens (primary N) is 1. The molecule has 1 aromatic heterocycles. The van der Waals surface area contributed by atoms with Gasteiger partial charge in [0.1, 0.15) is 0 Å². The van der Waals surface area contributed by atoms with Crippen LogP contribution < -0.4 is 5.73 Å². The zero-order valence-electron chi connectivity index (χ0n) is 11.7. The molecule has 0 saturated heterocycles. The molecule has 100 valence electrons. The summed E-state index contributed by atoms with van der Waals surface area (Å²) in [6.07, 6.45) is 3.44. The second-order valence-corrected chi connectivity index (χ2v) is 5.53. The first-order chi connectivity index (χ1) is 9.20. The predicted molar refractivity (Wildman–Crippen MR) is 77.8 cm³/mol. The summed E-state index contributed by atoms with van der Waals surface area (Å²) in [6, 6.07) is 8.66. The molecule has 1 aromatic carbocycles. The van der Waals surface area contributed by atoms with Gasteiger partial charge in [0.25, 0.3) is 0 Å². The van der Waals surface area contributed by atoms with E-state index in [1.54, 1.807) is 0 Å². The molecule has 19 heavy (non-hydrogen) atoms. The zero-order valence-corrected chi connectivity index (χ0v) is 11.7. The molecule has 1 saturated carbocycles. The molecule has 2 N–H and O–H groups in total. The molecule has 1 aliphatic carbocycles. The van der Waals surface area contributed by atoms with Crippen LogP contribution in [0, 0.1) is 13.8 Å². The van der Waals surface area contributed by atoms with Crippen LogP contribution in [-0.2, 0) is 6.42 Å². The van der Waals surface area contributed by atoms with E-state index in [9.17, 15) is 0 Å². The molecule has 0 radical (unpaired) electrons. The number of benzene rings is 1. The average molecular weight is 255 g/mol. The van der Waals surface area contributed by atoms with Crippen molar-refractivity contribution in [1.82, 2.24) is 9.78 Å². The fourth-order valence-corrected chi connectivity index (χ4v) is 2.71. The summed E-state index contributed by atoms with van der Waals surface area (Å²) in [6.45, 7) is 4.97. The lowest BCUT2D eigenvalue weighted by Crippen LogP contribution is -2.07. The first kappa shape index (κ1) is 12.4. The maximum Gasteiger partial charge on any atom is 0.0707 e. The predicted octanol–water partition coefficient (Wildman–Crippen LogP) is 2.87. The third-order valence-electron chi connectivity index (χ3n) is 3.83. The average Bonchev–Trinajstić information content (AvgIpc) is 3.13. The summed E-state index contributed by atoms with van der Waals surface area (Å²) >= 11 is 0. The molecule has 0 bridgehead atoms. The van der Waals surface area contributed by atoms with Crippen molar-refractivity contribution in [2.45, 2.75) is 39.0 Å². The Kier molecular flexibility index (Phi) is 3.15. The molecule has 0 atom stereocenters. The maximum absolute atomic E-state index is 5.66. The van der Waals surface area contributed by atoms with E-state index in [1.807, 2.05) is 0 Å². The van der Waals surface area contributed by atoms with Crippen molar-refractivity contribution >= 4 is 0 Å². The minimum Gasteiger partial charge on any atom is -0.330 e. The number of nitrogens with zero attached hydrogens (tertiary/aromatic N) is 2. The fourth-order valence-electron chi connectivity index (χ4n) is 2.71. The van der Waals surface area contributed by atoms with E-state index in [4.69, 9.17) is 10.8 Å². The highest BCUT2D eigenvalue weighted by Crippen LogP contribution is 2.41. The first-order valence-electron chi connectivity index (χ1n) is 7.06. The lowest BCUT2D eigenvalue weighted by atomic mass is 10.1. The van der Waals surface area contributed by atoms with Crippen LogP contribution in [0.5, 0.6) is 0 Å². The van der Waals surface area contributed by atoms with E-state index in [-0.39, 0.29) is 0 Å². The second kappa shape index (κ2) is 4.82. The van der Waals surface area contributed by atoms with Gasteiger partial charge in [0.05, 0.1) is 11.4 Å². The quantitative estimate of drug-likeness (QED) is 0.913. The van der Waals surface area contributed by atoms with Crippen LogP contribution in [-0.4, -0.2) is 16.3 Å². The van der Waals surface area contributed by atoms with Crippen LogP contribution in [0.25, 0.3) is 5.69 Å². The highest BCUT2D eigenvalue weighted by atomic mass is 15.3. The van der Waals surface area contributed by atoms with Gasteiger partial charge in [0.2, 0.25) is 0 Å². The smallest absolute Gasteiger partial charge is 0.0707 e. The molecule has 1 fully saturated rings. The molecule has 3 rings (SSSR count). The van der Waals surface area contributed by atoms with Crippen molar-refractivity contribution < 1.29 is 0 Å². The first-order valence-corrected chi connectivity index (χ1v) is 7.06. The molecule has 3 nitrogen and oxygen atoms in total. The third-order valence-corrected chi connectivity index (χ3v) is 3.83. The highest BCUT2D eigenvalue weighted by molar-refractivity contribution is 5.48. The van der Waals surface area contributed by atoms with Gasteiger partial charge in [-0.1, -0.05) is 18.2 Å². The van der Waals surface area contributed by atoms with Gasteiger partial charge in [-0.15, -0.1) is 0 Å². The normalized spacial score (nSPS) is 14.9. The Balaban J connectivity index is 2.12. The van der Waals surface area contributed by atoms with E-state index in [0.717, 1.165) is 12.1 Å². The monoisotopic (exact) mass is 255 g/mol. The van der Waals surface area contributed by atoms with Crippen LogP contribution in [0.3, 0.4) is 0 Å². The molecule has 0 amide bonds. The van der Waals surface area contributed by atoms with Crippen LogP contribution in [0.15, 0.2) is 24.3 Å². The summed E-state index contributed by atoms with van der Waals surface area (Å²) in [5, 5.41) is 4.79. The largest absolute Gasteiger partial charge is 0.330 e. The van der Waals surface area contributed by atoms with Crippen LogP contribution in [0.1, 0.15) is 41.3 Å². The van der Waals surface area contributed by atoms with E-state index in [1.165, 1.54) is 35.3 Å². The zero-order chi connectivity index (χ0) is 13.4. The number of rotatable bonds is 4. The van der Waals surface area contributed by atoms with Gasteiger partial charge in [-0.25, -0.2) is 4.68 Å². The van der Waals surface area contributed by atoms with Gasteiger partial charge in [-0.2, -0.15) is 5.10 Å². The van der Waals surface area contributed by atoms with Crippen LogP contribution in [0.4, 0.5) is 0 Å². The van der Waals surface area contributed by atoms with Crippen molar-refractivity contribution in [1.29, 1.82) is 0 Å². The number of para-hydroxylation sites is 1. The molecule has 0 unspecified atom stereocenters. The van der Waals surface area contributed by atoms with E-state index in [2.05, 4.69) is 42.8 Å². The van der Waals surface area contributed by atoms with Gasteiger partial charge < -0.3 is 5.73 Å².